The molecule has 2 heteroatoms. The Hall–Kier alpha value is 0.860. The molecule has 0 aliphatic carbocycles. The van der Waals surface area contributed by atoms with Crippen LogP contribution in [0.2, 0.25) is 0 Å². The third-order valence-electron chi connectivity index (χ3n) is 4.46. The predicted octanol–water partition coefficient (Wildman–Crippen LogP) is 5.09. The van der Waals surface area contributed by atoms with Crippen molar-refractivity contribution in [2.24, 2.45) is 0 Å². The molecular weight excluding hydrogens is 230 g/mol. The standard InChI is InChI=1S/C14H28P2/c1-11(2)15-9-5-7-13(15)14-8-6-10-16(14)12(3)4/h11-14H,5-10H2,1-4H3/t13-,14-,15+,16+/m1/s1. The third kappa shape index (κ3) is 2.64. The first kappa shape index (κ1) is 13.3. The van der Waals surface area contributed by atoms with E-state index in [1.807, 2.05) is 0 Å². The van der Waals surface area contributed by atoms with Crippen LogP contribution in [0.3, 0.4) is 0 Å². The lowest BCUT2D eigenvalue weighted by molar-refractivity contribution is 0.691. The minimum atomic E-state index is 0.386. The summed E-state index contributed by atoms with van der Waals surface area (Å²) in [6, 6.07) is 0. The van der Waals surface area contributed by atoms with Crippen LogP contribution in [0.5, 0.6) is 0 Å². The highest BCUT2D eigenvalue weighted by Crippen LogP contribution is 2.65. The van der Waals surface area contributed by atoms with E-state index in [9.17, 15) is 0 Å². The van der Waals surface area contributed by atoms with E-state index in [4.69, 9.17) is 0 Å². The zero-order valence-electron chi connectivity index (χ0n) is 11.4. The Morgan fingerprint density at radius 1 is 0.750 bits per heavy atom. The fraction of sp³-hybridized carbons (Fsp3) is 1.00. The first-order valence-electron chi connectivity index (χ1n) is 7.12. The summed E-state index contributed by atoms with van der Waals surface area (Å²) in [5.41, 5.74) is 4.33. The number of hydrogen-bond acceptors (Lipinski definition) is 0. The van der Waals surface area contributed by atoms with Gasteiger partial charge in [-0.1, -0.05) is 27.7 Å². The Bertz CT molecular complexity index is 201. The Balaban J connectivity index is 2.05. The molecular formula is C14H28P2. The molecule has 0 unspecified atom stereocenters. The maximum atomic E-state index is 2.48. The van der Waals surface area contributed by atoms with Crippen LogP contribution >= 0.6 is 15.8 Å². The highest BCUT2D eigenvalue weighted by atomic mass is 31.1. The Morgan fingerprint density at radius 3 is 1.44 bits per heavy atom. The predicted molar refractivity (Wildman–Crippen MR) is 79.9 cm³/mol. The first-order chi connectivity index (χ1) is 7.61. The SMILES string of the molecule is CC(C)[P@]1CCC[C@@H]1[C@H]1CCC[P@@]1C(C)C. The largest absolute Gasteiger partial charge is 0.100 e. The van der Waals surface area contributed by atoms with Crippen LogP contribution in [0, 0.1) is 0 Å². The molecule has 0 aromatic heterocycles. The summed E-state index contributed by atoms with van der Waals surface area (Å²) in [4.78, 5) is 0. The van der Waals surface area contributed by atoms with Crippen LogP contribution in [0.15, 0.2) is 0 Å². The van der Waals surface area contributed by atoms with Gasteiger partial charge in [-0.2, -0.15) is 0 Å². The molecule has 2 fully saturated rings. The van der Waals surface area contributed by atoms with E-state index in [0.717, 1.165) is 11.3 Å². The van der Waals surface area contributed by atoms with Crippen LogP contribution in [-0.4, -0.2) is 35.0 Å². The molecule has 2 saturated heterocycles. The molecule has 0 aromatic rings. The van der Waals surface area contributed by atoms with E-state index in [0.29, 0.717) is 15.8 Å². The van der Waals surface area contributed by atoms with Crippen molar-refractivity contribution in [2.75, 3.05) is 12.3 Å². The van der Waals surface area contributed by atoms with Gasteiger partial charge in [-0.15, -0.1) is 15.8 Å². The molecule has 4 atom stereocenters. The summed E-state index contributed by atoms with van der Waals surface area (Å²) in [7, 11) is 0.772. The fourth-order valence-electron chi connectivity index (χ4n) is 3.74. The van der Waals surface area contributed by atoms with Crippen molar-refractivity contribution in [1.29, 1.82) is 0 Å². The molecule has 0 N–H and O–H groups in total. The van der Waals surface area contributed by atoms with E-state index < -0.39 is 0 Å². The van der Waals surface area contributed by atoms with Crippen molar-refractivity contribution in [2.45, 2.75) is 76.0 Å². The average molecular weight is 258 g/mol. The second kappa shape index (κ2) is 5.67. The second-order valence-corrected chi connectivity index (χ2v) is 12.4. The van der Waals surface area contributed by atoms with Gasteiger partial charge in [-0.05, 0) is 60.6 Å². The molecule has 0 nitrogen and oxygen atoms in total. The first-order valence-corrected chi connectivity index (χ1v) is 10.5. The average Bonchev–Trinajstić information content (AvgIpc) is 2.85. The highest BCUT2D eigenvalue weighted by molar-refractivity contribution is 7.63. The van der Waals surface area contributed by atoms with Crippen molar-refractivity contribution in [3.8, 4) is 0 Å². The summed E-state index contributed by atoms with van der Waals surface area (Å²) in [6.07, 6.45) is 9.45. The lowest BCUT2D eigenvalue weighted by Crippen LogP contribution is -2.22. The summed E-state index contributed by atoms with van der Waals surface area (Å²) < 4.78 is 0. The smallest absolute Gasteiger partial charge is 0.0139 e. The maximum absolute atomic E-state index is 2.48. The van der Waals surface area contributed by atoms with Gasteiger partial charge in [0.25, 0.3) is 0 Å². The Morgan fingerprint density at radius 2 is 1.12 bits per heavy atom. The summed E-state index contributed by atoms with van der Waals surface area (Å²) in [5, 5.41) is 0. The van der Waals surface area contributed by atoms with Gasteiger partial charge in [0.1, 0.15) is 0 Å². The maximum Gasteiger partial charge on any atom is -0.0139 e. The lowest BCUT2D eigenvalue weighted by atomic mass is 10.1. The molecule has 2 aliphatic rings. The minimum Gasteiger partial charge on any atom is -0.100 e. The second-order valence-electron chi connectivity index (χ2n) is 6.08. The van der Waals surface area contributed by atoms with Gasteiger partial charge >= 0.3 is 0 Å². The summed E-state index contributed by atoms with van der Waals surface area (Å²) in [5.74, 6) is 0. The van der Waals surface area contributed by atoms with E-state index in [1.165, 1.54) is 11.3 Å². The molecule has 0 radical (unpaired) electrons. The van der Waals surface area contributed by atoms with Crippen LogP contribution in [0.25, 0.3) is 0 Å². The zero-order chi connectivity index (χ0) is 11.7. The molecule has 0 saturated carbocycles. The quantitative estimate of drug-likeness (QED) is 0.618. The molecule has 0 amide bonds. The molecule has 16 heavy (non-hydrogen) atoms. The van der Waals surface area contributed by atoms with Crippen LogP contribution < -0.4 is 0 Å². The molecule has 2 heterocycles. The molecule has 0 aromatic carbocycles. The molecule has 2 aliphatic heterocycles. The van der Waals surface area contributed by atoms with Crippen molar-refractivity contribution < 1.29 is 0 Å². The fourth-order valence-corrected chi connectivity index (χ4v) is 11.3. The van der Waals surface area contributed by atoms with Gasteiger partial charge in [0.15, 0.2) is 0 Å². The summed E-state index contributed by atoms with van der Waals surface area (Å²) in [6.45, 7) is 9.93. The van der Waals surface area contributed by atoms with E-state index >= 15 is 0 Å². The van der Waals surface area contributed by atoms with Crippen LogP contribution in [0.1, 0.15) is 53.4 Å². The molecule has 94 valence electrons. The van der Waals surface area contributed by atoms with E-state index in [2.05, 4.69) is 27.7 Å². The molecule has 0 bridgehead atoms. The van der Waals surface area contributed by atoms with Gasteiger partial charge in [-0.3, -0.25) is 0 Å². The highest BCUT2D eigenvalue weighted by Gasteiger charge is 2.41. The van der Waals surface area contributed by atoms with E-state index in [-0.39, 0.29) is 0 Å². The van der Waals surface area contributed by atoms with Crippen molar-refractivity contribution in [1.82, 2.24) is 0 Å². The lowest BCUT2D eigenvalue weighted by Gasteiger charge is -2.34. The monoisotopic (exact) mass is 258 g/mol. The topological polar surface area (TPSA) is 0 Å². The Labute approximate surface area is 104 Å². The number of rotatable bonds is 3. The van der Waals surface area contributed by atoms with Gasteiger partial charge in [0.05, 0.1) is 0 Å². The summed E-state index contributed by atoms with van der Waals surface area (Å²) >= 11 is 0. The number of hydrogen-bond donors (Lipinski definition) is 0. The van der Waals surface area contributed by atoms with Gasteiger partial charge in [-0.25, -0.2) is 0 Å². The van der Waals surface area contributed by atoms with Gasteiger partial charge in [0.2, 0.25) is 0 Å². The van der Waals surface area contributed by atoms with Crippen LogP contribution in [-0.2, 0) is 0 Å². The molecule has 2 rings (SSSR count). The Kier molecular flexibility index (Phi) is 4.71. The minimum absolute atomic E-state index is 0.386. The zero-order valence-corrected chi connectivity index (χ0v) is 13.2. The van der Waals surface area contributed by atoms with Gasteiger partial charge < -0.3 is 0 Å². The van der Waals surface area contributed by atoms with Crippen molar-refractivity contribution in [3.63, 3.8) is 0 Å². The normalized spacial score (nSPS) is 40.1. The van der Waals surface area contributed by atoms with E-state index in [1.54, 1.807) is 38.0 Å². The molecule has 0 spiro atoms. The third-order valence-corrected chi connectivity index (χ3v) is 11.9. The van der Waals surface area contributed by atoms with Crippen molar-refractivity contribution >= 4 is 15.8 Å². The van der Waals surface area contributed by atoms with Crippen LogP contribution in [0.4, 0.5) is 0 Å². The van der Waals surface area contributed by atoms with Gasteiger partial charge in [0, 0.05) is 0 Å². The van der Waals surface area contributed by atoms with Crippen molar-refractivity contribution in [3.05, 3.63) is 0 Å².